The number of aliphatic hydroxyl groups excluding tert-OH is 6. The molecule has 7 aliphatic rings. The number of ether oxygens (including phenoxy) is 5. The number of amides is 8. The Morgan fingerprint density at radius 1 is 0.703 bits per heavy atom. The first-order valence-corrected chi connectivity index (χ1v) is 42.6. The third-order valence-electron chi connectivity index (χ3n) is 21.4. The summed E-state index contributed by atoms with van der Waals surface area (Å²) in [5.41, 5.74) is 1.63. The van der Waals surface area contributed by atoms with Crippen molar-refractivity contribution >= 4 is 89.8 Å². The Kier molecular flexibility index (Phi) is 31.2. The highest BCUT2D eigenvalue weighted by molar-refractivity contribution is 7.99. The summed E-state index contributed by atoms with van der Waals surface area (Å²) in [5.74, 6) is -15.7. The molecule has 5 aromatic rings. The second-order valence-electron chi connectivity index (χ2n) is 30.8. The van der Waals surface area contributed by atoms with Crippen molar-refractivity contribution in [2.24, 2.45) is 17.6 Å². The molecule has 10 unspecified atom stereocenters. The number of nitrogens with two attached hydrogens (primary N) is 1. The zero-order chi connectivity index (χ0) is 85.9. The lowest BCUT2D eigenvalue weighted by Crippen LogP contribution is -2.67. The first-order valence-electron chi connectivity index (χ1n) is 38.9. The zero-order valence-electron chi connectivity index (χ0n) is 65.5. The van der Waals surface area contributed by atoms with Gasteiger partial charge >= 0.3 is 7.60 Å². The molecule has 5 aromatic carbocycles. The summed E-state index contributed by atoms with van der Waals surface area (Å²) in [6.07, 6.45) is -8.11. The number of aromatic hydroxyl groups is 3. The summed E-state index contributed by atoms with van der Waals surface area (Å²) < 4.78 is 45.8. The van der Waals surface area contributed by atoms with Crippen LogP contribution in [0.15, 0.2) is 78.9 Å². The monoisotopic (exact) mass is 1720 g/mol. The Hall–Kier alpha value is -8.66. The van der Waals surface area contributed by atoms with Crippen molar-refractivity contribution in [1.29, 1.82) is 0 Å². The van der Waals surface area contributed by atoms with Crippen LogP contribution in [0.2, 0.25) is 10.0 Å². The first-order chi connectivity index (χ1) is 55.9. The number of phenolic OH excluding ortho intramolecular Hbond substituents is 3. The van der Waals surface area contributed by atoms with Gasteiger partial charge in [-0.15, -0.1) is 0 Å². The van der Waals surface area contributed by atoms with Crippen LogP contribution in [-0.4, -0.2) is 214 Å². The highest BCUT2D eigenvalue weighted by atomic mass is 35.5. The summed E-state index contributed by atoms with van der Waals surface area (Å²) in [6.45, 7) is 8.67. The number of halogens is 2. The predicted molar refractivity (Wildman–Crippen MR) is 429 cm³/mol. The van der Waals surface area contributed by atoms with Gasteiger partial charge in [0.25, 0.3) is 0 Å². The van der Waals surface area contributed by atoms with Gasteiger partial charge in [0.15, 0.2) is 11.5 Å². The van der Waals surface area contributed by atoms with Crippen LogP contribution >= 0.6 is 42.6 Å². The molecule has 644 valence electrons. The minimum Gasteiger partial charge on any atom is -0.508 e. The van der Waals surface area contributed by atoms with Crippen molar-refractivity contribution in [2.45, 2.75) is 208 Å². The number of carbonyl (C=O) groups is 8. The van der Waals surface area contributed by atoms with Gasteiger partial charge in [0.05, 0.1) is 59.4 Å². The standard InChI is InChI=1S/C79H103Cl2N10O25PS/c1-7-8-9-10-11-12-13-14-22-118-23-21-85-79(5)33-55(112-37(4)70(79)101)59-68(100)67(99)56(34-92)115-78(59)116-69-53-28-41-29-54(69)114-52-20-17-40(27-46(52)81)66(98)64-77(108)89-62(73(104)84-35-117(109,110)111)44-30-42(93)31-50(95)58(44)43-25-38(15-18-49(43)94)60(74(105)91-64)88-75(106)61(41)87-72(103)48(32-57(82)96)86-76(107)63(90-71(102)47(83-6)24-36(2)3)65(97)39-16-19-51(113-53)45(80)26-39/h15-20,25-31,36-37,47-48,55-56,59-68,70,78,83,85,92-95,97-101H,7-14,21-24,32-35H2,1-6H3,(H2,82,96)(H,84,104)(H,86,107)(H,87,103)(H,88,106)(H,89,108)(H,90,102)(H,91,105)(H2,109,110,111)/t37-,47?,48?,55+,56+,59?,60?,61?,62?,63?,64?,65?,66?,67+,68+,70+,78-,79-/m0/s1. The quantitative estimate of drug-likeness (QED) is 0.0260. The predicted octanol–water partition coefficient (Wildman–Crippen LogP) is 4.05. The van der Waals surface area contributed by atoms with Crippen LogP contribution in [-0.2, 0) is 52.4 Å². The number of hydrogen-bond donors (Lipinski definition) is 21. The Labute approximate surface area is 694 Å². The first kappa shape index (κ1) is 91.6. The molecule has 22 N–H and O–H groups in total. The van der Waals surface area contributed by atoms with Gasteiger partial charge in [0, 0.05) is 35.0 Å². The lowest BCUT2D eigenvalue weighted by atomic mass is 9.76. The van der Waals surface area contributed by atoms with E-state index in [4.69, 9.17) is 52.6 Å². The summed E-state index contributed by atoms with van der Waals surface area (Å²) in [4.78, 5) is 139. The van der Waals surface area contributed by atoms with Gasteiger partial charge in [0.2, 0.25) is 59.3 Å². The minimum atomic E-state index is -5.11. The molecule has 0 aromatic heterocycles. The van der Waals surface area contributed by atoms with Crippen molar-refractivity contribution in [3.8, 4) is 57.1 Å². The zero-order valence-corrected chi connectivity index (χ0v) is 68.8. The number of phenols is 3. The highest BCUT2D eigenvalue weighted by Crippen LogP contribution is 2.51. The molecule has 118 heavy (non-hydrogen) atoms. The number of carbonyl (C=O) groups excluding carboxylic acids is 8. The number of unbranched alkanes of at least 4 members (excludes halogenated alkanes) is 7. The van der Waals surface area contributed by atoms with Crippen LogP contribution in [0.1, 0.15) is 163 Å². The maximum absolute atomic E-state index is 16.3. The lowest BCUT2D eigenvalue weighted by Gasteiger charge is -2.51. The number of fused-ring (bicyclic) bond motifs is 15. The molecule has 8 amide bonds. The highest BCUT2D eigenvalue weighted by Gasteiger charge is 2.56. The second kappa shape index (κ2) is 40.1. The number of likely N-dealkylation sites (N-methyl/N-ethyl adjacent to an activating group) is 1. The number of benzene rings is 5. The van der Waals surface area contributed by atoms with Crippen LogP contribution in [0.25, 0.3) is 11.1 Å². The summed E-state index contributed by atoms with van der Waals surface area (Å²) >= 11 is 16.1. The van der Waals surface area contributed by atoms with E-state index in [2.05, 4.69) is 49.5 Å². The summed E-state index contributed by atoms with van der Waals surface area (Å²) in [7, 11) is -3.63. The van der Waals surface area contributed by atoms with Gasteiger partial charge in [-0.25, -0.2) is 0 Å². The van der Waals surface area contributed by atoms with E-state index in [1.165, 1.54) is 51.3 Å². The Morgan fingerprint density at radius 3 is 1.92 bits per heavy atom. The van der Waals surface area contributed by atoms with Crippen molar-refractivity contribution in [3.05, 3.63) is 117 Å². The van der Waals surface area contributed by atoms with Gasteiger partial charge in [-0.05, 0) is 134 Å². The van der Waals surface area contributed by atoms with Gasteiger partial charge in [-0.2, -0.15) is 11.8 Å². The van der Waals surface area contributed by atoms with Crippen LogP contribution in [0.5, 0.6) is 46.0 Å². The van der Waals surface area contributed by atoms with Crippen LogP contribution in [0, 0.1) is 11.8 Å². The second-order valence-corrected chi connectivity index (χ2v) is 34.4. The minimum absolute atomic E-state index is 0.0925. The van der Waals surface area contributed by atoms with Crippen molar-refractivity contribution < 1.29 is 122 Å². The lowest BCUT2D eigenvalue weighted by molar-refractivity contribution is -0.294. The fourth-order valence-electron chi connectivity index (χ4n) is 15.2. The molecule has 2 fully saturated rings. The number of primary amides is 1. The molecular weight excluding hydrogens is 1620 g/mol. The molecule has 39 heteroatoms. The molecule has 0 spiro atoms. The Balaban J connectivity index is 1.18. The summed E-state index contributed by atoms with van der Waals surface area (Å²) in [6, 6.07) is -0.763. The molecule has 35 nitrogen and oxygen atoms in total. The maximum Gasteiger partial charge on any atom is 0.344 e. The molecule has 0 radical (unpaired) electrons. The van der Waals surface area contributed by atoms with Crippen LogP contribution in [0.3, 0.4) is 0 Å². The maximum atomic E-state index is 16.3. The number of aliphatic hydroxyl groups is 6. The molecular formula is C79H103Cl2N10O25PS. The van der Waals surface area contributed by atoms with E-state index in [0.717, 1.165) is 91.7 Å². The fraction of sp³-hybridized carbons (Fsp3) is 0.519. The fourth-order valence-corrected chi connectivity index (χ4v) is 16.8. The molecule has 7 aliphatic heterocycles. The van der Waals surface area contributed by atoms with E-state index in [0.29, 0.717) is 12.3 Å². The Morgan fingerprint density at radius 2 is 1.31 bits per heavy atom. The topological polar surface area (TPSA) is 557 Å². The SMILES string of the molecule is CCCCCCCCCCSCCN[C@@]1(C)C[C@H](C2[C@H](Oc3c4cc5cc3Oc3ccc(cc3Cl)C(O)C3NC(=O)C(NC(=O)C5NC(=O)C(CC(N)=O)NC(=O)C(NC(=O)C(CC(C)C)NC)C(O)c5ccc(c(Cl)c5)O4)c4ccc(O)c(c4)-c4c(O)cc(O)cc4C(C(=O)NCP(=O)(O)O)NC3=O)O[C@H](CO)[C@@H](O)[C@@H]2O)O[C@@H](C)[C@H]1O. The molecule has 12 rings (SSSR count). The van der Waals surface area contributed by atoms with Crippen molar-refractivity contribution in [3.63, 3.8) is 0 Å². The van der Waals surface area contributed by atoms with E-state index in [1.807, 2.05) is 19.2 Å². The van der Waals surface area contributed by atoms with Crippen molar-refractivity contribution in [2.75, 3.05) is 38.0 Å². The van der Waals surface area contributed by atoms with E-state index in [-0.39, 0.29) is 40.7 Å². The molecule has 18 atom stereocenters. The average Bonchev–Trinajstić information content (AvgIpc) is 0.766. The van der Waals surface area contributed by atoms with Gasteiger partial charge < -0.3 is 133 Å². The van der Waals surface area contributed by atoms with Gasteiger partial charge in [0.1, 0.15) is 95.7 Å². The number of nitrogens with one attached hydrogen (secondary N) is 9. The third kappa shape index (κ3) is 22.1. The van der Waals surface area contributed by atoms with Gasteiger partial charge in [-0.1, -0.05) is 107 Å². The largest absolute Gasteiger partial charge is 0.508 e. The molecule has 7 heterocycles. The normalized spacial score (nSPS) is 27.0. The van der Waals surface area contributed by atoms with E-state index in [9.17, 15) is 74.7 Å². The summed E-state index contributed by atoms with van der Waals surface area (Å²) in [5, 5.41) is 129. The van der Waals surface area contributed by atoms with Crippen molar-refractivity contribution in [1.82, 2.24) is 47.9 Å². The molecule has 0 aliphatic carbocycles. The van der Waals surface area contributed by atoms with E-state index >= 15 is 24.0 Å². The third-order valence-corrected chi connectivity index (χ3v) is 23.6. The molecule has 11 bridgehead atoms. The molecule has 0 saturated carbocycles. The number of hydrogen-bond acceptors (Lipinski definition) is 26. The number of thioether (sulfide) groups is 1. The van der Waals surface area contributed by atoms with E-state index in [1.54, 1.807) is 25.6 Å². The van der Waals surface area contributed by atoms with E-state index < -0.39 is 256 Å². The Bertz CT molecular complexity index is 4550. The van der Waals surface area contributed by atoms with Crippen LogP contribution in [0.4, 0.5) is 0 Å². The molecule has 2 saturated heterocycles. The van der Waals surface area contributed by atoms with Gasteiger partial charge in [-0.3, -0.25) is 42.9 Å². The smallest absolute Gasteiger partial charge is 0.344 e. The average molecular weight is 1730 g/mol. The number of rotatable bonds is 27. The van der Waals surface area contributed by atoms with Crippen LogP contribution < -0.4 is 67.8 Å².